The number of aromatic carboxylic acids is 1. The number of anilines is 1. The minimum Gasteiger partial charge on any atom is -0.496 e. The molecule has 1 unspecified atom stereocenters. The van der Waals surface area contributed by atoms with Crippen molar-refractivity contribution in [3.63, 3.8) is 0 Å². The van der Waals surface area contributed by atoms with Gasteiger partial charge in [-0.3, -0.25) is 4.79 Å². The van der Waals surface area contributed by atoms with Crippen LogP contribution in [0.3, 0.4) is 0 Å². The Morgan fingerprint density at radius 3 is 2.48 bits per heavy atom. The predicted molar refractivity (Wildman–Crippen MR) is 81.8 cm³/mol. The molecule has 5 nitrogen and oxygen atoms in total. The van der Waals surface area contributed by atoms with Gasteiger partial charge in [-0.05, 0) is 24.0 Å². The van der Waals surface area contributed by atoms with Crippen LogP contribution in [0, 0.1) is 11.8 Å². The third-order valence-electron chi connectivity index (χ3n) is 3.63. The Balaban J connectivity index is 2.79. The Morgan fingerprint density at radius 2 is 2.00 bits per heavy atom. The molecular formula is C16H23NO4. The lowest BCUT2D eigenvalue weighted by Gasteiger charge is -2.18. The van der Waals surface area contributed by atoms with E-state index in [4.69, 9.17) is 9.84 Å². The van der Waals surface area contributed by atoms with Gasteiger partial charge in [-0.25, -0.2) is 4.79 Å². The van der Waals surface area contributed by atoms with Gasteiger partial charge in [0.15, 0.2) is 0 Å². The van der Waals surface area contributed by atoms with E-state index in [1.807, 2.05) is 0 Å². The highest BCUT2D eigenvalue weighted by Crippen LogP contribution is 2.24. The number of hydrogen-bond donors (Lipinski definition) is 2. The molecule has 0 aromatic heterocycles. The van der Waals surface area contributed by atoms with E-state index in [0.29, 0.717) is 23.9 Å². The van der Waals surface area contributed by atoms with Crippen LogP contribution in [0.4, 0.5) is 5.69 Å². The van der Waals surface area contributed by atoms with E-state index in [1.54, 1.807) is 6.07 Å². The van der Waals surface area contributed by atoms with Gasteiger partial charge in [-0.2, -0.15) is 0 Å². The van der Waals surface area contributed by atoms with E-state index < -0.39 is 5.97 Å². The third-order valence-corrected chi connectivity index (χ3v) is 3.63. The molecule has 0 aliphatic heterocycles. The first-order chi connectivity index (χ1) is 9.88. The quantitative estimate of drug-likeness (QED) is 0.808. The van der Waals surface area contributed by atoms with Crippen molar-refractivity contribution in [2.75, 3.05) is 12.4 Å². The number of benzene rings is 1. The number of hydrogen-bond acceptors (Lipinski definition) is 3. The molecule has 0 radical (unpaired) electrons. The van der Waals surface area contributed by atoms with Crippen molar-refractivity contribution in [1.29, 1.82) is 0 Å². The van der Waals surface area contributed by atoms with E-state index in [9.17, 15) is 9.59 Å². The molecule has 21 heavy (non-hydrogen) atoms. The van der Waals surface area contributed by atoms with Crippen molar-refractivity contribution >= 4 is 17.6 Å². The maximum Gasteiger partial charge on any atom is 0.339 e. The summed E-state index contributed by atoms with van der Waals surface area (Å²) in [6, 6.07) is 4.52. The van der Waals surface area contributed by atoms with Crippen molar-refractivity contribution in [1.82, 2.24) is 0 Å². The Hall–Kier alpha value is -2.04. The monoisotopic (exact) mass is 293 g/mol. The number of methoxy groups -OCH3 is 1. The number of rotatable bonds is 7. The summed E-state index contributed by atoms with van der Waals surface area (Å²) in [4.78, 5) is 23.0. The third kappa shape index (κ3) is 4.77. The van der Waals surface area contributed by atoms with Gasteiger partial charge in [-0.15, -0.1) is 0 Å². The van der Waals surface area contributed by atoms with Crippen LogP contribution in [0.25, 0.3) is 0 Å². The van der Waals surface area contributed by atoms with E-state index >= 15 is 0 Å². The smallest absolute Gasteiger partial charge is 0.339 e. The summed E-state index contributed by atoms with van der Waals surface area (Å²) in [7, 11) is 1.40. The maximum atomic E-state index is 12.0. The van der Waals surface area contributed by atoms with Crippen LogP contribution in [0.2, 0.25) is 0 Å². The second-order valence-corrected chi connectivity index (χ2v) is 5.38. The molecule has 1 rings (SSSR count). The molecule has 1 atom stereocenters. The van der Waals surface area contributed by atoms with Gasteiger partial charge < -0.3 is 15.2 Å². The van der Waals surface area contributed by atoms with Crippen molar-refractivity contribution in [3.8, 4) is 5.75 Å². The summed E-state index contributed by atoms with van der Waals surface area (Å²) >= 11 is 0. The molecule has 116 valence electrons. The lowest BCUT2D eigenvalue weighted by Crippen LogP contribution is -2.19. The average molecular weight is 293 g/mol. The van der Waals surface area contributed by atoms with Crippen molar-refractivity contribution in [2.24, 2.45) is 11.8 Å². The van der Waals surface area contributed by atoms with Gasteiger partial charge in [0.1, 0.15) is 11.3 Å². The first-order valence-corrected chi connectivity index (χ1v) is 7.10. The van der Waals surface area contributed by atoms with E-state index in [0.717, 1.165) is 6.42 Å². The molecule has 0 saturated carbocycles. The molecule has 1 aromatic carbocycles. The van der Waals surface area contributed by atoms with Crippen LogP contribution in [0.15, 0.2) is 18.2 Å². The minimum absolute atomic E-state index is 0.0688. The van der Waals surface area contributed by atoms with Gasteiger partial charge in [0.25, 0.3) is 0 Å². The molecular weight excluding hydrogens is 270 g/mol. The molecule has 0 saturated heterocycles. The number of carboxylic acid groups (broad SMARTS) is 1. The standard InChI is InChI=1S/C16H23NO4/c1-5-11(10(2)3)8-15(18)17-12-6-7-13(16(19)20)14(9-12)21-4/h6-7,9-11H,5,8H2,1-4H3,(H,17,18)(H,19,20). The van der Waals surface area contributed by atoms with E-state index in [2.05, 4.69) is 26.1 Å². The fraction of sp³-hybridized carbons (Fsp3) is 0.500. The molecule has 0 aliphatic rings. The van der Waals surface area contributed by atoms with Crippen LogP contribution in [-0.2, 0) is 4.79 Å². The van der Waals surface area contributed by atoms with Crippen LogP contribution >= 0.6 is 0 Å². The zero-order chi connectivity index (χ0) is 16.0. The van der Waals surface area contributed by atoms with Crippen molar-refractivity contribution < 1.29 is 19.4 Å². The van der Waals surface area contributed by atoms with Crippen molar-refractivity contribution in [2.45, 2.75) is 33.6 Å². The Kier molecular flexibility index (Phi) is 6.21. The zero-order valence-electron chi connectivity index (χ0n) is 13.0. The number of carbonyl (C=O) groups excluding carboxylic acids is 1. The number of carbonyl (C=O) groups is 2. The molecule has 1 amide bonds. The Bertz CT molecular complexity index is 511. The van der Waals surface area contributed by atoms with Gasteiger partial charge in [0.05, 0.1) is 7.11 Å². The highest BCUT2D eigenvalue weighted by molar-refractivity contribution is 5.94. The average Bonchev–Trinajstić information content (AvgIpc) is 2.43. The number of carboxylic acids is 1. The zero-order valence-corrected chi connectivity index (χ0v) is 13.0. The normalized spacial score (nSPS) is 12.0. The highest BCUT2D eigenvalue weighted by atomic mass is 16.5. The van der Waals surface area contributed by atoms with E-state index in [-0.39, 0.29) is 17.2 Å². The summed E-state index contributed by atoms with van der Waals surface area (Å²) in [6.45, 7) is 6.28. The summed E-state index contributed by atoms with van der Waals surface area (Å²) in [5, 5.41) is 11.8. The van der Waals surface area contributed by atoms with Crippen molar-refractivity contribution in [3.05, 3.63) is 23.8 Å². The summed E-state index contributed by atoms with van der Waals surface area (Å²) in [5.41, 5.74) is 0.615. The molecule has 0 bridgehead atoms. The molecule has 2 N–H and O–H groups in total. The molecule has 0 fully saturated rings. The van der Waals surface area contributed by atoms with Crippen LogP contribution in [0.1, 0.15) is 44.0 Å². The Labute approximate surface area is 125 Å². The fourth-order valence-corrected chi connectivity index (χ4v) is 2.25. The molecule has 1 aromatic rings. The Morgan fingerprint density at radius 1 is 1.33 bits per heavy atom. The SMILES string of the molecule is CCC(CC(=O)Nc1ccc(C(=O)O)c(OC)c1)C(C)C. The predicted octanol–water partition coefficient (Wildman–Crippen LogP) is 3.40. The first-order valence-electron chi connectivity index (χ1n) is 7.10. The van der Waals surface area contributed by atoms with Gasteiger partial charge in [-0.1, -0.05) is 27.2 Å². The van der Waals surface area contributed by atoms with Gasteiger partial charge in [0.2, 0.25) is 5.91 Å². The van der Waals surface area contributed by atoms with Crippen LogP contribution in [0.5, 0.6) is 5.75 Å². The number of nitrogens with one attached hydrogen (secondary N) is 1. The van der Waals surface area contributed by atoms with Crippen LogP contribution in [-0.4, -0.2) is 24.1 Å². The molecule has 5 heteroatoms. The largest absolute Gasteiger partial charge is 0.496 e. The molecule has 0 aliphatic carbocycles. The number of amides is 1. The topological polar surface area (TPSA) is 75.6 Å². The second-order valence-electron chi connectivity index (χ2n) is 5.38. The van der Waals surface area contributed by atoms with Crippen LogP contribution < -0.4 is 10.1 Å². The maximum absolute atomic E-state index is 12.0. The lowest BCUT2D eigenvalue weighted by molar-refractivity contribution is -0.117. The fourth-order valence-electron chi connectivity index (χ4n) is 2.25. The summed E-state index contributed by atoms with van der Waals surface area (Å²) in [5.74, 6) is -0.109. The highest BCUT2D eigenvalue weighted by Gasteiger charge is 2.17. The second kappa shape index (κ2) is 7.67. The molecule has 0 spiro atoms. The summed E-state index contributed by atoms with van der Waals surface area (Å²) in [6.07, 6.45) is 1.41. The summed E-state index contributed by atoms with van der Waals surface area (Å²) < 4.78 is 5.04. The molecule has 0 heterocycles. The first kappa shape index (κ1) is 17.0. The minimum atomic E-state index is -1.06. The number of ether oxygens (including phenoxy) is 1. The lowest BCUT2D eigenvalue weighted by atomic mass is 9.90. The van der Waals surface area contributed by atoms with E-state index in [1.165, 1.54) is 19.2 Å². The van der Waals surface area contributed by atoms with Gasteiger partial charge in [0, 0.05) is 18.2 Å². The van der Waals surface area contributed by atoms with Gasteiger partial charge >= 0.3 is 5.97 Å².